The summed E-state index contributed by atoms with van der Waals surface area (Å²) in [4.78, 5) is 24.3. The van der Waals surface area contributed by atoms with Crippen LogP contribution in [0.15, 0.2) is 23.2 Å². The highest BCUT2D eigenvalue weighted by Gasteiger charge is 2.00. The molecule has 4 heteroatoms. The van der Waals surface area contributed by atoms with Crippen LogP contribution >= 0.6 is 0 Å². The van der Waals surface area contributed by atoms with E-state index in [9.17, 15) is 9.59 Å². The lowest BCUT2D eigenvalue weighted by Crippen LogP contribution is -2.03. The van der Waals surface area contributed by atoms with Crippen LogP contribution < -0.4 is 5.32 Å². The summed E-state index contributed by atoms with van der Waals surface area (Å²) in [5, 5.41) is 2.95. The highest BCUT2D eigenvalue weighted by atomic mass is 16.1. The molecule has 0 saturated carbocycles. The summed E-state index contributed by atoms with van der Waals surface area (Å²) in [5.74, 6) is 0. The normalized spacial score (nSPS) is 10.2. The summed E-state index contributed by atoms with van der Waals surface area (Å²) in [7, 11) is 0. The van der Waals surface area contributed by atoms with Gasteiger partial charge in [-0.1, -0.05) is 6.07 Å². The molecule has 0 spiro atoms. The standard InChI is InChI=1S/C11H12N2O2/c1-9-10(12-5-7-14)3-2-4-11(9)13-6-8-15/h2-5,7-8,13H,6H2,1H3. The monoisotopic (exact) mass is 204 g/mol. The van der Waals surface area contributed by atoms with Crippen LogP contribution in [0.25, 0.3) is 0 Å². The van der Waals surface area contributed by atoms with E-state index in [1.165, 1.54) is 6.21 Å². The number of aliphatic imine (C=N–C) groups is 1. The van der Waals surface area contributed by atoms with E-state index in [0.29, 0.717) is 6.29 Å². The zero-order valence-corrected chi connectivity index (χ0v) is 8.43. The van der Waals surface area contributed by atoms with E-state index in [2.05, 4.69) is 10.3 Å². The largest absolute Gasteiger partial charge is 0.378 e. The maximum absolute atomic E-state index is 10.2. The van der Waals surface area contributed by atoms with Gasteiger partial charge in [-0.15, -0.1) is 0 Å². The Hall–Kier alpha value is -1.97. The number of nitrogens with zero attached hydrogens (tertiary/aromatic N) is 1. The third-order valence-corrected chi connectivity index (χ3v) is 1.96. The van der Waals surface area contributed by atoms with Crippen LogP contribution in [-0.2, 0) is 9.59 Å². The molecule has 0 heterocycles. The minimum Gasteiger partial charge on any atom is -0.378 e. The molecule has 1 N–H and O–H groups in total. The summed E-state index contributed by atoms with van der Waals surface area (Å²) >= 11 is 0. The van der Waals surface area contributed by atoms with Crippen LogP contribution in [0.5, 0.6) is 0 Å². The number of hydrogen-bond acceptors (Lipinski definition) is 4. The van der Waals surface area contributed by atoms with E-state index in [0.717, 1.165) is 23.2 Å². The smallest absolute Gasteiger partial charge is 0.161 e. The molecule has 0 aromatic heterocycles. The summed E-state index contributed by atoms with van der Waals surface area (Å²) in [5.41, 5.74) is 2.48. The molecule has 0 aliphatic rings. The molecule has 0 radical (unpaired) electrons. The summed E-state index contributed by atoms with van der Waals surface area (Å²) < 4.78 is 0. The Bertz CT molecular complexity index is 386. The average molecular weight is 204 g/mol. The van der Waals surface area contributed by atoms with Crippen molar-refractivity contribution in [3.05, 3.63) is 23.8 Å². The molecule has 0 aliphatic carbocycles. The minimum absolute atomic E-state index is 0.266. The SMILES string of the molecule is Cc1c(N=CC=O)cccc1NCC=O. The van der Waals surface area contributed by atoms with Crippen molar-refractivity contribution in [1.82, 2.24) is 0 Å². The molecule has 4 nitrogen and oxygen atoms in total. The van der Waals surface area contributed by atoms with Gasteiger partial charge in [0.1, 0.15) is 6.29 Å². The number of carbonyl (C=O) groups is 2. The summed E-state index contributed by atoms with van der Waals surface area (Å²) in [6.45, 7) is 2.15. The van der Waals surface area contributed by atoms with Gasteiger partial charge < -0.3 is 10.1 Å². The molecule has 1 rings (SSSR count). The molecule has 1 aromatic rings. The first-order chi connectivity index (χ1) is 7.29. The Morgan fingerprint density at radius 3 is 2.87 bits per heavy atom. The zero-order valence-electron chi connectivity index (χ0n) is 8.43. The van der Waals surface area contributed by atoms with E-state index < -0.39 is 0 Å². The first-order valence-electron chi connectivity index (χ1n) is 4.54. The first kappa shape index (κ1) is 11.1. The lowest BCUT2D eigenvalue weighted by Gasteiger charge is -2.08. The summed E-state index contributed by atoms with van der Waals surface area (Å²) in [6, 6.07) is 5.48. The van der Waals surface area contributed by atoms with Crippen molar-refractivity contribution >= 4 is 30.2 Å². The average Bonchev–Trinajstić information content (AvgIpc) is 2.26. The molecule has 0 unspecified atom stereocenters. The molecule has 0 aliphatic heterocycles. The van der Waals surface area contributed by atoms with Gasteiger partial charge in [0, 0.05) is 5.69 Å². The van der Waals surface area contributed by atoms with Gasteiger partial charge >= 0.3 is 0 Å². The second-order valence-electron chi connectivity index (χ2n) is 2.91. The Morgan fingerprint density at radius 1 is 1.40 bits per heavy atom. The van der Waals surface area contributed by atoms with Gasteiger partial charge in [-0.3, -0.25) is 9.79 Å². The molecule has 15 heavy (non-hydrogen) atoms. The van der Waals surface area contributed by atoms with Crippen molar-refractivity contribution in [2.75, 3.05) is 11.9 Å². The fraction of sp³-hybridized carbons (Fsp3) is 0.182. The van der Waals surface area contributed by atoms with Gasteiger partial charge in [-0.2, -0.15) is 0 Å². The van der Waals surface area contributed by atoms with Gasteiger partial charge in [-0.05, 0) is 24.6 Å². The zero-order chi connectivity index (χ0) is 11.1. The van der Waals surface area contributed by atoms with Gasteiger partial charge in [-0.25, -0.2) is 0 Å². The molecular weight excluding hydrogens is 192 g/mol. The van der Waals surface area contributed by atoms with Crippen LogP contribution in [0.1, 0.15) is 5.56 Å². The van der Waals surface area contributed by atoms with Gasteiger partial charge in [0.05, 0.1) is 18.4 Å². The Morgan fingerprint density at radius 2 is 2.20 bits per heavy atom. The molecular formula is C11H12N2O2. The van der Waals surface area contributed by atoms with E-state index in [1.54, 1.807) is 6.07 Å². The fourth-order valence-corrected chi connectivity index (χ4v) is 1.22. The van der Waals surface area contributed by atoms with Crippen LogP contribution in [0.3, 0.4) is 0 Å². The lowest BCUT2D eigenvalue weighted by atomic mass is 10.1. The van der Waals surface area contributed by atoms with E-state index in [1.807, 2.05) is 19.1 Å². The molecule has 0 bridgehead atoms. The number of aldehydes is 2. The van der Waals surface area contributed by atoms with Gasteiger partial charge in [0.25, 0.3) is 0 Å². The highest BCUT2D eigenvalue weighted by Crippen LogP contribution is 2.24. The highest BCUT2D eigenvalue weighted by molar-refractivity contribution is 6.13. The second kappa shape index (κ2) is 5.70. The minimum atomic E-state index is 0.266. The molecule has 0 saturated heterocycles. The van der Waals surface area contributed by atoms with Gasteiger partial charge in [0.2, 0.25) is 0 Å². The molecule has 0 fully saturated rings. The molecule has 1 aromatic carbocycles. The Labute approximate surface area is 88.0 Å². The molecule has 78 valence electrons. The Kier molecular flexibility index (Phi) is 4.22. The predicted octanol–water partition coefficient (Wildman–Crippen LogP) is 1.51. The maximum Gasteiger partial charge on any atom is 0.161 e. The third-order valence-electron chi connectivity index (χ3n) is 1.96. The third kappa shape index (κ3) is 3.02. The van der Waals surface area contributed by atoms with E-state index in [-0.39, 0.29) is 6.54 Å². The number of rotatable bonds is 5. The fourth-order valence-electron chi connectivity index (χ4n) is 1.22. The second-order valence-corrected chi connectivity index (χ2v) is 2.91. The van der Waals surface area contributed by atoms with Crippen molar-refractivity contribution in [1.29, 1.82) is 0 Å². The van der Waals surface area contributed by atoms with Crippen molar-refractivity contribution in [2.45, 2.75) is 6.92 Å². The Balaban J connectivity index is 2.94. The quantitative estimate of drug-likeness (QED) is 0.584. The topological polar surface area (TPSA) is 58.5 Å². The van der Waals surface area contributed by atoms with Gasteiger partial charge in [0.15, 0.2) is 6.29 Å². The number of anilines is 1. The van der Waals surface area contributed by atoms with Crippen molar-refractivity contribution in [3.63, 3.8) is 0 Å². The van der Waals surface area contributed by atoms with Crippen LogP contribution in [0, 0.1) is 6.92 Å². The van der Waals surface area contributed by atoms with Crippen LogP contribution in [0.2, 0.25) is 0 Å². The molecule has 0 amide bonds. The first-order valence-corrected chi connectivity index (χ1v) is 4.54. The van der Waals surface area contributed by atoms with Crippen molar-refractivity contribution in [2.24, 2.45) is 4.99 Å². The van der Waals surface area contributed by atoms with Crippen molar-refractivity contribution in [3.8, 4) is 0 Å². The maximum atomic E-state index is 10.2. The lowest BCUT2D eigenvalue weighted by molar-refractivity contribution is -0.106. The number of benzene rings is 1. The van der Waals surface area contributed by atoms with Crippen molar-refractivity contribution < 1.29 is 9.59 Å². The number of carbonyl (C=O) groups excluding carboxylic acids is 2. The van der Waals surface area contributed by atoms with E-state index >= 15 is 0 Å². The van der Waals surface area contributed by atoms with Crippen LogP contribution in [-0.4, -0.2) is 25.3 Å². The van der Waals surface area contributed by atoms with Crippen LogP contribution in [0.4, 0.5) is 11.4 Å². The number of nitrogens with one attached hydrogen (secondary N) is 1. The molecule has 0 atom stereocenters. The number of hydrogen-bond donors (Lipinski definition) is 1. The summed E-state index contributed by atoms with van der Waals surface area (Å²) in [6.07, 6.45) is 2.62. The predicted molar refractivity (Wildman–Crippen MR) is 59.9 cm³/mol. The van der Waals surface area contributed by atoms with E-state index in [4.69, 9.17) is 0 Å².